The van der Waals surface area contributed by atoms with Crippen molar-refractivity contribution in [2.45, 2.75) is 57.8 Å². The first-order valence-corrected chi connectivity index (χ1v) is 11.0. The number of hydrogen-bond donors (Lipinski definition) is 2. The molecule has 1 heterocycles. The van der Waals surface area contributed by atoms with Crippen LogP contribution in [-0.4, -0.2) is 32.9 Å². The van der Waals surface area contributed by atoms with Crippen LogP contribution in [-0.2, 0) is 11.4 Å². The number of rotatable bonds is 7. The van der Waals surface area contributed by atoms with Gasteiger partial charge in [0.1, 0.15) is 12.4 Å². The molecule has 1 aliphatic rings. The van der Waals surface area contributed by atoms with Crippen molar-refractivity contribution in [1.29, 1.82) is 0 Å². The van der Waals surface area contributed by atoms with Crippen LogP contribution in [0.3, 0.4) is 0 Å². The maximum absolute atomic E-state index is 12.3. The van der Waals surface area contributed by atoms with Gasteiger partial charge in [-0.15, -0.1) is 5.10 Å². The summed E-state index contributed by atoms with van der Waals surface area (Å²) in [6.45, 7) is 6.70. The molecule has 1 amide bonds. The number of halogens is 1. The summed E-state index contributed by atoms with van der Waals surface area (Å²) in [4.78, 5) is 16.7. The molecule has 1 aliphatic carbocycles. The van der Waals surface area contributed by atoms with E-state index in [4.69, 9.17) is 16.3 Å². The third kappa shape index (κ3) is 5.64. The van der Waals surface area contributed by atoms with Crippen LogP contribution in [0.4, 0.5) is 0 Å². The Balaban J connectivity index is 1.44. The minimum atomic E-state index is 0.0372. The van der Waals surface area contributed by atoms with Crippen molar-refractivity contribution in [3.05, 3.63) is 34.6 Å². The predicted octanol–water partition coefficient (Wildman–Crippen LogP) is 4.38. The Morgan fingerprint density at radius 2 is 2.21 bits per heavy atom. The average Bonchev–Trinajstić information content (AvgIpc) is 3.13. The highest BCUT2D eigenvalue weighted by Gasteiger charge is 2.28. The number of aromatic amines is 1. The summed E-state index contributed by atoms with van der Waals surface area (Å²) in [5.41, 5.74) is 0.959. The molecule has 3 unspecified atom stereocenters. The zero-order valence-electron chi connectivity index (χ0n) is 16.5. The Kier molecular flexibility index (Phi) is 7.24. The first-order chi connectivity index (χ1) is 13.4. The van der Waals surface area contributed by atoms with Crippen LogP contribution in [0.15, 0.2) is 23.4 Å². The van der Waals surface area contributed by atoms with Crippen molar-refractivity contribution in [3.63, 3.8) is 0 Å². The van der Waals surface area contributed by atoms with Crippen molar-refractivity contribution in [2.24, 2.45) is 11.8 Å². The molecule has 3 atom stereocenters. The van der Waals surface area contributed by atoms with Crippen molar-refractivity contribution in [2.75, 3.05) is 5.75 Å². The number of nitrogens with zero attached hydrogens (tertiary/aromatic N) is 2. The van der Waals surface area contributed by atoms with Gasteiger partial charge in [-0.3, -0.25) is 9.89 Å². The number of thioether (sulfide) groups is 1. The highest BCUT2D eigenvalue weighted by molar-refractivity contribution is 7.99. The molecule has 0 bridgehead atoms. The van der Waals surface area contributed by atoms with E-state index in [1.165, 1.54) is 24.6 Å². The molecular weight excluding hydrogens is 396 g/mol. The second-order valence-corrected chi connectivity index (χ2v) is 8.84. The fraction of sp³-hybridized carbons (Fsp3) is 0.550. The van der Waals surface area contributed by atoms with Crippen LogP contribution in [0, 0.1) is 18.8 Å². The largest absolute Gasteiger partial charge is 0.486 e. The molecule has 0 spiro atoms. The molecule has 1 fully saturated rings. The maximum Gasteiger partial charge on any atom is 0.230 e. The van der Waals surface area contributed by atoms with Crippen LogP contribution in [0.25, 0.3) is 0 Å². The highest BCUT2D eigenvalue weighted by Crippen LogP contribution is 2.29. The molecule has 28 heavy (non-hydrogen) atoms. The number of ether oxygens (including phenoxy) is 1. The zero-order chi connectivity index (χ0) is 20.1. The molecule has 1 aromatic carbocycles. The van der Waals surface area contributed by atoms with E-state index in [2.05, 4.69) is 34.3 Å². The van der Waals surface area contributed by atoms with Gasteiger partial charge in [0.15, 0.2) is 5.82 Å². The first-order valence-electron chi connectivity index (χ1n) is 9.64. The van der Waals surface area contributed by atoms with Gasteiger partial charge in [0.25, 0.3) is 0 Å². The molecule has 0 aliphatic heterocycles. The molecule has 2 aromatic rings. The van der Waals surface area contributed by atoms with Crippen molar-refractivity contribution in [1.82, 2.24) is 20.5 Å². The fourth-order valence-corrected chi connectivity index (χ4v) is 4.18. The lowest BCUT2D eigenvalue weighted by atomic mass is 9.78. The minimum Gasteiger partial charge on any atom is -0.486 e. The van der Waals surface area contributed by atoms with Crippen LogP contribution in [0.2, 0.25) is 5.02 Å². The number of aryl methyl sites for hydroxylation is 1. The third-order valence-electron chi connectivity index (χ3n) is 5.40. The Morgan fingerprint density at radius 3 is 3.00 bits per heavy atom. The highest BCUT2D eigenvalue weighted by atomic mass is 35.5. The van der Waals surface area contributed by atoms with E-state index in [1.54, 1.807) is 6.07 Å². The van der Waals surface area contributed by atoms with Crippen LogP contribution < -0.4 is 10.1 Å². The lowest BCUT2D eigenvalue weighted by Gasteiger charge is -2.34. The normalized spacial score (nSPS) is 22.1. The predicted molar refractivity (Wildman–Crippen MR) is 112 cm³/mol. The number of carbonyl (C=O) groups excluding carboxylic acids is 1. The lowest BCUT2D eigenvalue weighted by molar-refractivity contribution is -0.120. The van der Waals surface area contributed by atoms with E-state index in [-0.39, 0.29) is 18.6 Å². The monoisotopic (exact) mass is 422 g/mol. The molecule has 1 saturated carbocycles. The molecular formula is C20H27ClN4O2S. The van der Waals surface area contributed by atoms with Crippen molar-refractivity contribution in [3.8, 4) is 5.75 Å². The molecule has 8 heteroatoms. The third-order valence-corrected chi connectivity index (χ3v) is 6.67. The second kappa shape index (κ2) is 9.65. The van der Waals surface area contributed by atoms with Gasteiger partial charge in [0, 0.05) is 11.1 Å². The van der Waals surface area contributed by atoms with Gasteiger partial charge < -0.3 is 10.1 Å². The first kappa shape index (κ1) is 21.0. The molecule has 2 N–H and O–H groups in total. The van der Waals surface area contributed by atoms with E-state index in [1.807, 2.05) is 19.1 Å². The number of amides is 1. The molecule has 1 aromatic heterocycles. The smallest absolute Gasteiger partial charge is 0.230 e. The van der Waals surface area contributed by atoms with Gasteiger partial charge in [0.05, 0.1) is 5.75 Å². The summed E-state index contributed by atoms with van der Waals surface area (Å²) in [6.07, 6.45) is 3.50. The summed E-state index contributed by atoms with van der Waals surface area (Å²) in [7, 11) is 0. The molecule has 152 valence electrons. The van der Waals surface area contributed by atoms with Crippen LogP contribution >= 0.6 is 23.4 Å². The lowest BCUT2D eigenvalue weighted by Crippen LogP contribution is -2.44. The standard InChI is InChI=1S/C20H27ClN4O2S/c1-12-5-4-6-17(14(12)3)22-19(26)11-28-20-23-18(24-25-20)10-27-15-7-8-16(21)13(2)9-15/h7-9,12,14,17H,4-6,10-11H2,1-3H3,(H,22,26)(H,23,24,25). The zero-order valence-corrected chi connectivity index (χ0v) is 18.1. The molecule has 3 rings (SSSR count). The van der Waals surface area contributed by atoms with Gasteiger partial charge in [-0.1, -0.05) is 50.1 Å². The number of H-pyrrole nitrogens is 1. The Labute approximate surface area is 175 Å². The van der Waals surface area contributed by atoms with Gasteiger partial charge in [0.2, 0.25) is 11.1 Å². The summed E-state index contributed by atoms with van der Waals surface area (Å²) in [5.74, 6) is 2.87. The topological polar surface area (TPSA) is 79.9 Å². The van der Waals surface area contributed by atoms with E-state index in [0.717, 1.165) is 17.7 Å². The van der Waals surface area contributed by atoms with Crippen molar-refractivity contribution >= 4 is 29.3 Å². The fourth-order valence-electron chi connectivity index (χ4n) is 3.43. The Bertz CT molecular complexity index is 813. The SMILES string of the molecule is Cc1cc(OCc2nc(SCC(=O)NC3CCCC(C)C3C)n[nH]2)ccc1Cl. The van der Waals surface area contributed by atoms with Crippen molar-refractivity contribution < 1.29 is 9.53 Å². The molecule has 0 saturated heterocycles. The Morgan fingerprint density at radius 1 is 1.39 bits per heavy atom. The maximum atomic E-state index is 12.3. The number of carbonyl (C=O) groups is 1. The summed E-state index contributed by atoms with van der Waals surface area (Å²) in [5, 5.41) is 11.4. The number of benzene rings is 1. The summed E-state index contributed by atoms with van der Waals surface area (Å²) >= 11 is 7.35. The van der Waals surface area contributed by atoms with Gasteiger partial charge >= 0.3 is 0 Å². The second-order valence-electron chi connectivity index (χ2n) is 7.49. The summed E-state index contributed by atoms with van der Waals surface area (Å²) < 4.78 is 5.71. The average molecular weight is 423 g/mol. The Hall–Kier alpha value is -1.73. The quantitative estimate of drug-likeness (QED) is 0.647. The van der Waals surface area contributed by atoms with Gasteiger partial charge in [-0.05, 0) is 48.9 Å². The van der Waals surface area contributed by atoms with E-state index >= 15 is 0 Å². The number of aromatic nitrogens is 3. The van der Waals surface area contributed by atoms with E-state index in [9.17, 15) is 4.79 Å². The minimum absolute atomic E-state index is 0.0372. The number of nitrogens with one attached hydrogen (secondary N) is 2. The van der Waals surface area contributed by atoms with Crippen LogP contribution in [0.1, 0.15) is 44.5 Å². The van der Waals surface area contributed by atoms with E-state index in [0.29, 0.717) is 33.6 Å². The molecule has 0 radical (unpaired) electrons. The summed E-state index contributed by atoms with van der Waals surface area (Å²) in [6, 6.07) is 5.78. The van der Waals surface area contributed by atoms with Gasteiger partial charge in [-0.25, -0.2) is 4.98 Å². The van der Waals surface area contributed by atoms with Crippen LogP contribution in [0.5, 0.6) is 5.75 Å². The van der Waals surface area contributed by atoms with E-state index < -0.39 is 0 Å². The number of hydrogen-bond acceptors (Lipinski definition) is 5. The molecule has 6 nitrogen and oxygen atoms in total. The van der Waals surface area contributed by atoms with Gasteiger partial charge in [-0.2, -0.15) is 0 Å².